The number of para-hydroxylation sites is 1. The average Bonchev–Trinajstić information content (AvgIpc) is 2.87. The minimum absolute atomic E-state index is 0.0738. The lowest BCUT2D eigenvalue weighted by Crippen LogP contribution is -2.53. The second kappa shape index (κ2) is 6.90. The van der Waals surface area contributed by atoms with Crippen molar-refractivity contribution in [2.45, 2.75) is 38.5 Å². The summed E-state index contributed by atoms with van der Waals surface area (Å²) < 4.78 is 10.2. The number of carbonyl (C=O) groups excluding carboxylic acids is 4. The lowest BCUT2D eigenvalue weighted by atomic mass is 9.62. The molecule has 1 aromatic rings. The summed E-state index contributed by atoms with van der Waals surface area (Å²) in [6, 6.07) is 6.85. The molecule has 2 aliphatic rings. The van der Waals surface area contributed by atoms with Gasteiger partial charge in [0.15, 0.2) is 0 Å². The Labute approximate surface area is 151 Å². The number of Topliss-reactive ketones (excluding diaryl/α,β-unsaturated/α-hetero) is 1. The van der Waals surface area contributed by atoms with Crippen molar-refractivity contribution in [3.8, 4) is 0 Å². The van der Waals surface area contributed by atoms with Crippen LogP contribution < -0.4 is 4.90 Å². The number of ketones is 1. The molecule has 1 heterocycles. The highest BCUT2D eigenvalue weighted by atomic mass is 16.6. The number of amides is 2. The summed E-state index contributed by atoms with van der Waals surface area (Å²) in [5.41, 5.74) is -0.299. The van der Waals surface area contributed by atoms with Gasteiger partial charge in [-0.2, -0.15) is 0 Å². The molecule has 138 valence electrons. The van der Waals surface area contributed by atoms with Crippen LogP contribution in [0.1, 0.15) is 38.7 Å². The van der Waals surface area contributed by atoms with Crippen molar-refractivity contribution >= 4 is 29.4 Å². The van der Waals surface area contributed by atoms with Crippen molar-refractivity contribution in [1.29, 1.82) is 0 Å². The Morgan fingerprint density at radius 1 is 1.15 bits per heavy atom. The van der Waals surface area contributed by atoms with Gasteiger partial charge >= 0.3 is 12.1 Å². The van der Waals surface area contributed by atoms with Crippen LogP contribution in [0.5, 0.6) is 0 Å². The molecule has 2 amide bonds. The monoisotopic (exact) mass is 359 g/mol. The number of imide groups is 1. The van der Waals surface area contributed by atoms with E-state index in [4.69, 9.17) is 9.47 Å². The van der Waals surface area contributed by atoms with E-state index in [1.807, 2.05) is 0 Å². The number of fused-ring (bicyclic) bond motifs is 2. The SMILES string of the molecule is CCOC(=O)[C@H]1CC(=O)CC[C@]12C(=O)N(C(=O)OCC)c1ccccc12. The Balaban J connectivity index is 2.15. The van der Waals surface area contributed by atoms with Crippen molar-refractivity contribution in [1.82, 2.24) is 0 Å². The maximum Gasteiger partial charge on any atom is 0.421 e. The van der Waals surface area contributed by atoms with E-state index in [1.165, 1.54) is 0 Å². The second-order valence-corrected chi connectivity index (χ2v) is 6.38. The molecule has 0 bridgehead atoms. The molecule has 1 saturated carbocycles. The highest BCUT2D eigenvalue weighted by molar-refractivity contribution is 6.22. The zero-order chi connectivity index (χ0) is 18.9. The molecule has 7 heteroatoms. The third-order valence-electron chi connectivity index (χ3n) is 5.06. The van der Waals surface area contributed by atoms with Crippen LogP contribution in [0.2, 0.25) is 0 Å². The van der Waals surface area contributed by atoms with Crippen LogP contribution in [0, 0.1) is 5.92 Å². The van der Waals surface area contributed by atoms with Gasteiger partial charge in [0.25, 0.3) is 0 Å². The molecule has 1 aliphatic heterocycles. The highest BCUT2D eigenvalue weighted by Gasteiger charge is 2.61. The van der Waals surface area contributed by atoms with Crippen LogP contribution >= 0.6 is 0 Å². The smallest absolute Gasteiger partial charge is 0.421 e. The van der Waals surface area contributed by atoms with Gasteiger partial charge < -0.3 is 9.47 Å². The Morgan fingerprint density at radius 3 is 2.54 bits per heavy atom. The van der Waals surface area contributed by atoms with Gasteiger partial charge in [-0.25, -0.2) is 9.69 Å². The largest absolute Gasteiger partial charge is 0.466 e. The number of ether oxygens (including phenoxy) is 2. The van der Waals surface area contributed by atoms with Crippen molar-refractivity contribution in [2.24, 2.45) is 5.92 Å². The summed E-state index contributed by atoms with van der Waals surface area (Å²) in [7, 11) is 0. The Hall–Kier alpha value is -2.70. The molecule has 1 spiro atoms. The second-order valence-electron chi connectivity index (χ2n) is 6.38. The molecule has 1 aliphatic carbocycles. The van der Waals surface area contributed by atoms with E-state index < -0.39 is 29.3 Å². The first-order chi connectivity index (χ1) is 12.5. The maximum atomic E-state index is 13.4. The number of anilines is 1. The van der Waals surface area contributed by atoms with Crippen molar-refractivity contribution in [2.75, 3.05) is 18.1 Å². The van der Waals surface area contributed by atoms with Crippen LogP contribution in [-0.2, 0) is 29.3 Å². The Morgan fingerprint density at radius 2 is 1.85 bits per heavy atom. The molecule has 26 heavy (non-hydrogen) atoms. The molecule has 0 aromatic heterocycles. The lowest BCUT2D eigenvalue weighted by molar-refractivity contribution is -0.157. The van der Waals surface area contributed by atoms with Gasteiger partial charge in [-0.15, -0.1) is 0 Å². The predicted octanol–water partition coefficient (Wildman–Crippen LogP) is 2.36. The minimum atomic E-state index is -1.27. The van der Waals surface area contributed by atoms with Crippen LogP contribution in [0.3, 0.4) is 0 Å². The Bertz CT molecular complexity index is 773. The molecule has 2 atom stereocenters. The van der Waals surface area contributed by atoms with Crippen molar-refractivity contribution in [3.63, 3.8) is 0 Å². The van der Waals surface area contributed by atoms with Gasteiger partial charge in [0, 0.05) is 12.8 Å². The molecular weight excluding hydrogens is 338 g/mol. The zero-order valence-electron chi connectivity index (χ0n) is 14.8. The summed E-state index contributed by atoms with van der Waals surface area (Å²) in [6.45, 7) is 3.60. The van der Waals surface area contributed by atoms with E-state index in [1.54, 1.807) is 38.1 Å². The third-order valence-corrected chi connectivity index (χ3v) is 5.06. The number of rotatable bonds is 3. The minimum Gasteiger partial charge on any atom is -0.466 e. The topological polar surface area (TPSA) is 90.0 Å². The predicted molar refractivity (Wildman–Crippen MR) is 91.6 cm³/mol. The molecule has 7 nitrogen and oxygen atoms in total. The van der Waals surface area contributed by atoms with E-state index >= 15 is 0 Å². The molecule has 0 radical (unpaired) electrons. The normalized spacial score (nSPS) is 24.5. The van der Waals surface area contributed by atoms with E-state index in [9.17, 15) is 19.2 Å². The van der Waals surface area contributed by atoms with Crippen molar-refractivity contribution < 1.29 is 28.7 Å². The summed E-state index contributed by atoms with van der Waals surface area (Å²) in [5, 5.41) is 0. The maximum absolute atomic E-state index is 13.4. The van der Waals surface area contributed by atoms with E-state index in [0.717, 1.165) is 4.90 Å². The fraction of sp³-hybridized carbons (Fsp3) is 0.474. The number of benzene rings is 1. The van der Waals surface area contributed by atoms with E-state index in [0.29, 0.717) is 11.3 Å². The van der Waals surface area contributed by atoms with Gasteiger partial charge in [-0.3, -0.25) is 14.4 Å². The van der Waals surface area contributed by atoms with E-state index in [-0.39, 0.29) is 38.3 Å². The fourth-order valence-corrected chi connectivity index (χ4v) is 3.96. The first-order valence-electron chi connectivity index (χ1n) is 8.76. The van der Waals surface area contributed by atoms with Crippen LogP contribution in [0.15, 0.2) is 24.3 Å². The number of nitrogens with zero attached hydrogens (tertiary/aromatic N) is 1. The first-order valence-corrected chi connectivity index (χ1v) is 8.76. The quantitative estimate of drug-likeness (QED) is 0.770. The standard InChI is InChI=1S/C19H21NO6/c1-3-25-16(22)14-11-12(21)9-10-19(14)13-7-5-6-8-15(13)20(17(19)23)18(24)26-4-2/h5-8,14H,3-4,9-11H2,1-2H3/t14-,19-/m1/s1. The van der Waals surface area contributed by atoms with Crippen molar-refractivity contribution in [3.05, 3.63) is 29.8 Å². The summed E-state index contributed by atoms with van der Waals surface area (Å²) in [6.07, 6.45) is -0.509. The number of hydrogen-bond donors (Lipinski definition) is 0. The third kappa shape index (κ3) is 2.58. The van der Waals surface area contributed by atoms with Gasteiger partial charge in [0.1, 0.15) is 5.78 Å². The fourth-order valence-electron chi connectivity index (χ4n) is 3.96. The van der Waals surface area contributed by atoms with Gasteiger partial charge in [0.05, 0.1) is 30.2 Å². The molecular formula is C19H21NO6. The average molecular weight is 359 g/mol. The van der Waals surface area contributed by atoms with Gasteiger partial charge in [-0.1, -0.05) is 18.2 Å². The summed E-state index contributed by atoms with van der Waals surface area (Å²) in [5.74, 6) is -2.15. The zero-order valence-corrected chi connectivity index (χ0v) is 14.8. The van der Waals surface area contributed by atoms with Gasteiger partial charge in [-0.05, 0) is 31.9 Å². The number of hydrogen-bond acceptors (Lipinski definition) is 6. The van der Waals surface area contributed by atoms with Crippen LogP contribution in [0.4, 0.5) is 10.5 Å². The van der Waals surface area contributed by atoms with Crippen LogP contribution in [0.25, 0.3) is 0 Å². The molecule has 0 N–H and O–H groups in total. The first kappa shape index (κ1) is 18.1. The molecule has 0 saturated heterocycles. The lowest BCUT2D eigenvalue weighted by Gasteiger charge is -2.37. The molecule has 3 rings (SSSR count). The number of esters is 1. The molecule has 1 aromatic carbocycles. The van der Waals surface area contributed by atoms with Crippen LogP contribution in [-0.4, -0.2) is 37.0 Å². The summed E-state index contributed by atoms with van der Waals surface area (Å²) >= 11 is 0. The molecule has 0 unspecified atom stereocenters. The van der Waals surface area contributed by atoms with E-state index in [2.05, 4.69) is 0 Å². The highest BCUT2D eigenvalue weighted by Crippen LogP contribution is 2.52. The molecule has 1 fully saturated rings. The Kier molecular flexibility index (Phi) is 4.80. The summed E-state index contributed by atoms with van der Waals surface area (Å²) in [4.78, 5) is 51.4. The number of carbonyl (C=O) groups is 4. The van der Waals surface area contributed by atoms with Gasteiger partial charge in [0.2, 0.25) is 5.91 Å².